The van der Waals surface area contributed by atoms with Crippen LogP contribution in [0.15, 0.2) is 54.7 Å². The summed E-state index contributed by atoms with van der Waals surface area (Å²) in [6.45, 7) is 3.14. The lowest BCUT2D eigenvalue weighted by Crippen LogP contribution is -2.42. The summed E-state index contributed by atoms with van der Waals surface area (Å²) in [4.78, 5) is 20.0. The van der Waals surface area contributed by atoms with Gasteiger partial charge in [-0.15, -0.1) is 0 Å². The molecule has 0 spiro atoms. The molecule has 0 radical (unpaired) electrons. The van der Waals surface area contributed by atoms with Gasteiger partial charge in [-0.2, -0.15) is 0 Å². The lowest BCUT2D eigenvalue weighted by molar-refractivity contribution is -0.124. The van der Waals surface area contributed by atoms with Gasteiger partial charge >= 0.3 is 0 Å². The fourth-order valence-electron chi connectivity index (χ4n) is 3.81. The highest BCUT2D eigenvalue weighted by Crippen LogP contribution is 2.47. The van der Waals surface area contributed by atoms with Crippen LogP contribution in [0.2, 0.25) is 0 Å². The summed E-state index contributed by atoms with van der Waals surface area (Å²) in [7, 11) is 0. The molecule has 2 aromatic rings. The number of carbonyl (C=O) groups excluding carboxylic acids is 1. The van der Waals surface area contributed by atoms with Crippen LogP contribution in [-0.2, 0) is 10.2 Å². The Morgan fingerprint density at radius 1 is 1.08 bits per heavy atom. The molecule has 0 unspecified atom stereocenters. The van der Waals surface area contributed by atoms with Gasteiger partial charge in [-0.25, -0.2) is 0 Å². The molecule has 1 aliphatic heterocycles. The van der Waals surface area contributed by atoms with Crippen LogP contribution in [0.25, 0.3) is 0 Å². The molecule has 1 N–H and O–H groups in total. The summed E-state index contributed by atoms with van der Waals surface area (Å²) < 4.78 is 0. The monoisotopic (exact) mass is 335 g/mol. The Morgan fingerprint density at radius 2 is 1.80 bits per heavy atom. The predicted octanol–water partition coefficient (Wildman–Crippen LogP) is 3.07. The van der Waals surface area contributed by atoms with Crippen molar-refractivity contribution in [2.45, 2.75) is 37.1 Å². The summed E-state index contributed by atoms with van der Waals surface area (Å²) in [6, 6.07) is 16.2. The Bertz CT molecular complexity index is 706. The number of nitrogens with zero attached hydrogens (tertiary/aromatic N) is 2. The predicted molar refractivity (Wildman–Crippen MR) is 98.1 cm³/mol. The van der Waals surface area contributed by atoms with E-state index >= 15 is 0 Å². The van der Waals surface area contributed by atoms with Crippen LogP contribution in [0.3, 0.4) is 0 Å². The first-order valence-corrected chi connectivity index (χ1v) is 9.28. The van der Waals surface area contributed by atoms with Crippen molar-refractivity contribution >= 4 is 5.91 Å². The van der Waals surface area contributed by atoms with Crippen molar-refractivity contribution in [1.29, 1.82) is 0 Å². The lowest BCUT2D eigenvalue weighted by atomic mass is 9.98. The Morgan fingerprint density at radius 3 is 2.44 bits per heavy atom. The van der Waals surface area contributed by atoms with Gasteiger partial charge in [-0.1, -0.05) is 36.4 Å². The Hall–Kier alpha value is -2.20. The largest absolute Gasteiger partial charge is 0.347 e. The molecule has 4 rings (SSSR count). The highest BCUT2D eigenvalue weighted by molar-refractivity contribution is 5.91. The highest BCUT2D eigenvalue weighted by atomic mass is 16.2. The molecule has 1 atom stereocenters. The van der Waals surface area contributed by atoms with E-state index < -0.39 is 5.41 Å². The van der Waals surface area contributed by atoms with Gasteiger partial charge in [0.15, 0.2) is 0 Å². The summed E-state index contributed by atoms with van der Waals surface area (Å²) in [6.07, 6.45) is 6.07. The third-order valence-electron chi connectivity index (χ3n) is 5.49. The maximum atomic E-state index is 13.1. The van der Waals surface area contributed by atoms with E-state index in [0.29, 0.717) is 0 Å². The zero-order valence-corrected chi connectivity index (χ0v) is 14.5. The number of benzene rings is 1. The Kier molecular flexibility index (Phi) is 4.53. The molecule has 1 aromatic carbocycles. The van der Waals surface area contributed by atoms with Gasteiger partial charge in [0.05, 0.1) is 17.2 Å². The van der Waals surface area contributed by atoms with Crippen molar-refractivity contribution in [1.82, 2.24) is 15.2 Å². The van der Waals surface area contributed by atoms with Crippen molar-refractivity contribution < 1.29 is 4.79 Å². The number of carbonyl (C=O) groups is 1. The maximum Gasteiger partial charge on any atom is 0.232 e. The Labute approximate surface area is 149 Å². The van der Waals surface area contributed by atoms with Crippen LogP contribution in [0.4, 0.5) is 0 Å². The van der Waals surface area contributed by atoms with Gasteiger partial charge in [-0.05, 0) is 56.5 Å². The average molecular weight is 335 g/mol. The smallest absolute Gasteiger partial charge is 0.232 e. The first-order chi connectivity index (χ1) is 12.3. The molecular formula is C21H25N3O. The van der Waals surface area contributed by atoms with E-state index in [-0.39, 0.29) is 11.9 Å². The molecule has 4 heteroatoms. The van der Waals surface area contributed by atoms with Gasteiger partial charge in [0.2, 0.25) is 5.91 Å². The van der Waals surface area contributed by atoms with Crippen LogP contribution in [0.1, 0.15) is 43.0 Å². The van der Waals surface area contributed by atoms with Crippen LogP contribution >= 0.6 is 0 Å². The summed E-state index contributed by atoms with van der Waals surface area (Å²) >= 11 is 0. The van der Waals surface area contributed by atoms with Crippen molar-refractivity contribution in [3.63, 3.8) is 0 Å². The number of pyridine rings is 1. The van der Waals surface area contributed by atoms with Crippen molar-refractivity contribution in [3.8, 4) is 0 Å². The highest BCUT2D eigenvalue weighted by Gasteiger charge is 2.52. The van der Waals surface area contributed by atoms with Crippen molar-refractivity contribution in [2.75, 3.05) is 19.6 Å². The third-order valence-corrected chi connectivity index (χ3v) is 5.49. The molecule has 25 heavy (non-hydrogen) atoms. The second-order valence-corrected chi connectivity index (χ2v) is 7.24. The van der Waals surface area contributed by atoms with E-state index in [1.807, 2.05) is 36.4 Å². The zero-order valence-electron chi connectivity index (χ0n) is 14.5. The molecular weight excluding hydrogens is 310 g/mol. The number of rotatable bonds is 6. The standard InChI is InChI=1S/C21H25N3O/c25-20(21(11-12-21)19-10-4-5-13-22-19)23-18(16-24-14-6-7-15-24)17-8-2-1-3-9-17/h1-5,8-10,13,18H,6-7,11-12,14-16H2,(H,23,25)/t18-/m1/s1. The number of hydrogen-bond acceptors (Lipinski definition) is 3. The first kappa shape index (κ1) is 16.3. The van der Waals surface area contributed by atoms with Gasteiger partial charge in [0.1, 0.15) is 0 Å². The second kappa shape index (κ2) is 6.96. The number of likely N-dealkylation sites (tertiary alicyclic amines) is 1. The van der Waals surface area contributed by atoms with Gasteiger partial charge in [0, 0.05) is 12.7 Å². The van der Waals surface area contributed by atoms with Gasteiger partial charge in [-0.3, -0.25) is 9.78 Å². The van der Waals surface area contributed by atoms with Gasteiger partial charge in [0.25, 0.3) is 0 Å². The summed E-state index contributed by atoms with van der Waals surface area (Å²) in [5.41, 5.74) is 1.67. The van der Waals surface area contributed by atoms with Crippen LogP contribution in [0, 0.1) is 0 Å². The molecule has 1 aromatic heterocycles. The number of aromatic nitrogens is 1. The quantitative estimate of drug-likeness (QED) is 0.882. The average Bonchev–Trinajstić information content (AvgIpc) is 3.33. The molecule has 2 fully saturated rings. The third kappa shape index (κ3) is 3.45. The Balaban J connectivity index is 1.53. The minimum atomic E-state index is -0.417. The SMILES string of the molecule is O=C(N[C@H](CN1CCCC1)c1ccccc1)C1(c2ccccn2)CC1. The number of hydrogen-bond donors (Lipinski definition) is 1. The molecule has 2 heterocycles. The van der Waals surface area contributed by atoms with E-state index in [2.05, 4.69) is 27.3 Å². The van der Waals surface area contributed by atoms with E-state index in [1.165, 1.54) is 18.4 Å². The minimum absolute atomic E-state index is 0.0352. The number of nitrogens with one attached hydrogen (secondary N) is 1. The lowest BCUT2D eigenvalue weighted by Gasteiger charge is -2.27. The molecule has 1 saturated heterocycles. The molecule has 130 valence electrons. The van der Waals surface area contributed by atoms with Crippen LogP contribution in [0.5, 0.6) is 0 Å². The zero-order chi connectivity index (χ0) is 17.1. The minimum Gasteiger partial charge on any atom is -0.347 e. The maximum absolute atomic E-state index is 13.1. The van der Waals surface area contributed by atoms with Crippen molar-refractivity contribution in [3.05, 3.63) is 66.0 Å². The molecule has 1 saturated carbocycles. The number of amides is 1. The topological polar surface area (TPSA) is 45.2 Å². The molecule has 4 nitrogen and oxygen atoms in total. The normalized spacial score (nSPS) is 20.2. The van der Waals surface area contributed by atoms with E-state index in [1.54, 1.807) is 6.20 Å². The molecule has 1 aliphatic carbocycles. The van der Waals surface area contributed by atoms with E-state index in [4.69, 9.17) is 0 Å². The van der Waals surface area contributed by atoms with Gasteiger partial charge < -0.3 is 10.2 Å². The van der Waals surface area contributed by atoms with Crippen LogP contribution in [-0.4, -0.2) is 35.4 Å². The fraction of sp³-hybridized carbons (Fsp3) is 0.429. The van der Waals surface area contributed by atoms with E-state index in [9.17, 15) is 4.79 Å². The second-order valence-electron chi connectivity index (χ2n) is 7.24. The summed E-state index contributed by atoms with van der Waals surface area (Å²) in [5, 5.41) is 3.34. The first-order valence-electron chi connectivity index (χ1n) is 9.28. The van der Waals surface area contributed by atoms with Crippen molar-refractivity contribution in [2.24, 2.45) is 0 Å². The van der Waals surface area contributed by atoms with Crippen LogP contribution < -0.4 is 5.32 Å². The van der Waals surface area contributed by atoms with E-state index in [0.717, 1.165) is 38.2 Å². The summed E-state index contributed by atoms with van der Waals surface area (Å²) in [5.74, 6) is 0.124. The molecule has 1 amide bonds. The molecule has 0 bridgehead atoms. The molecule has 2 aliphatic rings. The fourth-order valence-corrected chi connectivity index (χ4v) is 3.81.